The highest BCUT2D eigenvalue weighted by Gasteiger charge is 2.22. The van der Waals surface area contributed by atoms with Gasteiger partial charge in [-0.25, -0.2) is 0 Å². The van der Waals surface area contributed by atoms with Gasteiger partial charge in [0.25, 0.3) is 0 Å². The predicted octanol–water partition coefficient (Wildman–Crippen LogP) is 2.05. The Kier molecular flexibility index (Phi) is 5.18. The molecule has 0 aromatic heterocycles. The first-order chi connectivity index (χ1) is 9.70. The molecular weight excluding hydrogens is 252 g/mol. The Morgan fingerprint density at radius 1 is 1.30 bits per heavy atom. The number of carbonyl (C=O) groups excluding carboxylic acids is 1. The van der Waals surface area contributed by atoms with Gasteiger partial charge in [0, 0.05) is 18.3 Å². The number of aliphatic hydroxyl groups is 1. The lowest BCUT2D eigenvalue weighted by molar-refractivity contribution is -0.129. The number of likely N-dealkylation sites (tertiary alicyclic amines) is 1. The first-order valence-corrected chi connectivity index (χ1v) is 7.16. The van der Waals surface area contributed by atoms with Crippen molar-refractivity contribution < 1.29 is 9.90 Å². The van der Waals surface area contributed by atoms with E-state index in [0.29, 0.717) is 5.69 Å². The molecule has 1 fully saturated rings. The summed E-state index contributed by atoms with van der Waals surface area (Å²) >= 11 is 0. The molecule has 1 aromatic rings. The van der Waals surface area contributed by atoms with Crippen LogP contribution in [0.2, 0.25) is 0 Å². The minimum atomic E-state index is -0.0407. The van der Waals surface area contributed by atoms with Crippen molar-refractivity contribution in [1.82, 2.24) is 4.90 Å². The highest BCUT2D eigenvalue weighted by atomic mass is 16.3. The van der Waals surface area contributed by atoms with E-state index in [1.54, 1.807) is 17.1 Å². The molecule has 20 heavy (non-hydrogen) atoms. The van der Waals surface area contributed by atoms with Crippen LogP contribution in [0, 0.1) is 0 Å². The summed E-state index contributed by atoms with van der Waals surface area (Å²) in [7, 11) is 0. The van der Waals surface area contributed by atoms with Crippen LogP contribution in [0.3, 0.4) is 0 Å². The lowest BCUT2D eigenvalue weighted by atomic mass is 10.1. The molecule has 0 aliphatic carbocycles. The second-order valence-corrected chi connectivity index (χ2v) is 5.22. The van der Waals surface area contributed by atoms with Crippen LogP contribution in [-0.4, -0.2) is 35.1 Å². The van der Waals surface area contributed by atoms with Crippen LogP contribution in [0.25, 0.3) is 6.08 Å². The van der Waals surface area contributed by atoms with Gasteiger partial charge in [-0.2, -0.15) is 0 Å². The molecule has 0 saturated carbocycles. The van der Waals surface area contributed by atoms with Crippen molar-refractivity contribution in [1.29, 1.82) is 0 Å². The zero-order chi connectivity index (χ0) is 14.4. The summed E-state index contributed by atoms with van der Waals surface area (Å²) in [6, 6.07) is 7.34. The average molecular weight is 274 g/mol. The maximum Gasteiger partial charge on any atom is 0.246 e. The van der Waals surface area contributed by atoms with E-state index in [1.165, 1.54) is 0 Å². The summed E-state index contributed by atoms with van der Waals surface area (Å²) in [6.45, 7) is 0.775. The first kappa shape index (κ1) is 14.6. The molecule has 1 atom stereocenters. The van der Waals surface area contributed by atoms with Gasteiger partial charge < -0.3 is 15.7 Å². The Labute approximate surface area is 119 Å². The average Bonchev–Trinajstić information content (AvgIpc) is 2.71. The van der Waals surface area contributed by atoms with E-state index in [4.69, 9.17) is 5.73 Å². The number of anilines is 1. The van der Waals surface area contributed by atoms with E-state index in [9.17, 15) is 9.90 Å². The van der Waals surface area contributed by atoms with Gasteiger partial charge in [-0.05, 0) is 36.6 Å². The minimum Gasteiger partial charge on any atom is -0.399 e. The van der Waals surface area contributed by atoms with Crippen molar-refractivity contribution in [3.63, 3.8) is 0 Å². The number of amides is 1. The van der Waals surface area contributed by atoms with E-state index in [2.05, 4.69) is 0 Å². The molecule has 1 aromatic carbocycles. The highest BCUT2D eigenvalue weighted by molar-refractivity contribution is 5.92. The van der Waals surface area contributed by atoms with Crippen molar-refractivity contribution in [2.24, 2.45) is 0 Å². The second-order valence-electron chi connectivity index (χ2n) is 5.22. The summed E-state index contributed by atoms with van der Waals surface area (Å²) in [5.41, 5.74) is 7.28. The zero-order valence-corrected chi connectivity index (χ0v) is 11.7. The van der Waals surface area contributed by atoms with E-state index in [0.717, 1.165) is 37.8 Å². The fraction of sp³-hybridized carbons (Fsp3) is 0.438. The number of benzene rings is 1. The molecule has 1 saturated heterocycles. The van der Waals surface area contributed by atoms with Crippen LogP contribution >= 0.6 is 0 Å². The molecule has 1 aliphatic heterocycles. The summed E-state index contributed by atoms with van der Waals surface area (Å²) < 4.78 is 0. The third-order valence-corrected chi connectivity index (χ3v) is 3.73. The van der Waals surface area contributed by atoms with Gasteiger partial charge in [0.1, 0.15) is 0 Å². The number of nitrogens with two attached hydrogens (primary N) is 1. The third-order valence-electron chi connectivity index (χ3n) is 3.73. The molecule has 2 rings (SSSR count). The van der Waals surface area contributed by atoms with Crippen LogP contribution in [0.5, 0.6) is 0 Å². The van der Waals surface area contributed by atoms with E-state index in [-0.39, 0.29) is 18.6 Å². The molecule has 0 bridgehead atoms. The number of carbonyl (C=O) groups is 1. The summed E-state index contributed by atoms with van der Waals surface area (Å²) in [5.74, 6) is -0.0252. The summed E-state index contributed by atoms with van der Waals surface area (Å²) in [5, 5.41) is 9.42. The molecule has 1 heterocycles. The number of hydrogen-bond donors (Lipinski definition) is 2. The fourth-order valence-electron chi connectivity index (χ4n) is 2.53. The third kappa shape index (κ3) is 3.84. The van der Waals surface area contributed by atoms with Crippen molar-refractivity contribution in [3.8, 4) is 0 Å². The molecule has 3 N–H and O–H groups in total. The fourth-order valence-corrected chi connectivity index (χ4v) is 2.53. The van der Waals surface area contributed by atoms with Crippen LogP contribution in [-0.2, 0) is 4.79 Å². The van der Waals surface area contributed by atoms with Gasteiger partial charge in [0.2, 0.25) is 5.91 Å². The number of aliphatic hydroxyl groups excluding tert-OH is 1. The molecule has 1 unspecified atom stereocenters. The van der Waals surface area contributed by atoms with E-state index < -0.39 is 0 Å². The van der Waals surface area contributed by atoms with Crippen molar-refractivity contribution in [3.05, 3.63) is 35.9 Å². The molecule has 1 amide bonds. The van der Waals surface area contributed by atoms with Gasteiger partial charge in [0.05, 0.1) is 12.6 Å². The molecule has 108 valence electrons. The molecular formula is C16H22N2O2. The lowest BCUT2D eigenvalue weighted by Gasteiger charge is -2.27. The van der Waals surface area contributed by atoms with Gasteiger partial charge in [0.15, 0.2) is 0 Å². The Morgan fingerprint density at radius 2 is 2.05 bits per heavy atom. The van der Waals surface area contributed by atoms with Crippen LogP contribution < -0.4 is 5.73 Å². The van der Waals surface area contributed by atoms with Crippen LogP contribution in [0.4, 0.5) is 5.69 Å². The van der Waals surface area contributed by atoms with E-state index >= 15 is 0 Å². The molecule has 0 radical (unpaired) electrons. The molecule has 1 aliphatic rings. The van der Waals surface area contributed by atoms with Crippen molar-refractivity contribution >= 4 is 17.7 Å². The lowest BCUT2D eigenvalue weighted by Crippen LogP contribution is -2.41. The van der Waals surface area contributed by atoms with E-state index in [1.807, 2.05) is 24.3 Å². The molecule has 4 nitrogen and oxygen atoms in total. The van der Waals surface area contributed by atoms with Gasteiger partial charge in [-0.1, -0.05) is 25.0 Å². The normalized spacial score (nSPS) is 20.1. The standard InChI is InChI=1S/C16H22N2O2/c17-14-8-5-13(6-9-14)7-10-16(20)18-11-3-1-2-4-15(18)12-19/h5-10,15,19H,1-4,11-12,17H2/b10-7+. The number of nitrogens with zero attached hydrogens (tertiary/aromatic N) is 1. The maximum atomic E-state index is 12.3. The van der Waals surface area contributed by atoms with Gasteiger partial charge in [-0.3, -0.25) is 4.79 Å². The van der Waals surface area contributed by atoms with Crippen molar-refractivity contribution in [2.45, 2.75) is 31.7 Å². The Hall–Kier alpha value is -1.81. The Morgan fingerprint density at radius 3 is 2.75 bits per heavy atom. The number of nitrogen functional groups attached to an aromatic ring is 1. The second kappa shape index (κ2) is 7.10. The first-order valence-electron chi connectivity index (χ1n) is 7.16. The topological polar surface area (TPSA) is 66.6 Å². The minimum absolute atomic E-state index is 0.0252. The molecule has 4 heteroatoms. The Bertz CT molecular complexity index is 468. The maximum absolute atomic E-state index is 12.3. The summed E-state index contributed by atoms with van der Waals surface area (Å²) in [4.78, 5) is 14.1. The predicted molar refractivity (Wildman–Crippen MR) is 80.9 cm³/mol. The van der Waals surface area contributed by atoms with Gasteiger partial charge in [-0.15, -0.1) is 0 Å². The number of hydrogen-bond acceptors (Lipinski definition) is 3. The number of rotatable bonds is 3. The van der Waals surface area contributed by atoms with Crippen molar-refractivity contribution in [2.75, 3.05) is 18.9 Å². The molecule has 0 spiro atoms. The SMILES string of the molecule is Nc1ccc(/C=C/C(=O)N2CCCCCC2CO)cc1. The largest absolute Gasteiger partial charge is 0.399 e. The smallest absolute Gasteiger partial charge is 0.246 e. The highest BCUT2D eigenvalue weighted by Crippen LogP contribution is 2.17. The zero-order valence-electron chi connectivity index (χ0n) is 11.7. The van der Waals surface area contributed by atoms with Gasteiger partial charge >= 0.3 is 0 Å². The summed E-state index contributed by atoms with van der Waals surface area (Å²) in [6.07, 6.45) is 7.48. The van der Waals surface area contributed by atoms with Crippen LogP contribution in [0.15, 0.2) is 30.3 Å². The Balaban J connectivity index is 2.03. The monoisotopic (exact) mass is 274 g/mol. The quantitative estimate of drug-likeness (QED) is 0.655. The van der Waals surface area contributed by atoms with Crippen LogP contribution in [0.1, 0.15) is 31.2 Å².